The van der Waals surface area contributed by atoms with Gasteiger partial charge in [0.05, 0.1) is 11.6 Å². The van der Waals surface area contributed by atoms with Gasteiger partial charge in [0.2, 0.25) is 0 Å². The van der Waals surface area contributed by atoms with Gasteiger partial charge in [0.25, 0.3) is 0 Å². The molecule has 0 aromatic heterocycles. The smallest absolute Gasteiger partial charge is 0.0998 e. The van der Waals surface area contributed by atoms with Crippen LogP contribution in [-0.4, -0.2) is 11.6 Å². The highest BCUT2D eigenvalue weighted by Crippen LogP contribution is 2.44. The molecule has 1 atom stereocenters. The van der Waals surface area contributed by atoms with Crippen LogP contribution in [0.5, 0.6) is 0 Å². The van der Waals surface area contributed by atoms with Crippen molar-refractivity contribution in [3.63, 3.8) is 0 Å². The first-order valence-electron chi connectivity index (χ1n) is 9.54. The van der Waals surface area contributed by atoms with E-state index in [1.165, 1.54) is 11.3 Å². The van der Waals surface area contributed by atoms with Gasteiger partial charge < -0.3 is 4.90 Å². The lowest BCUT2D eigenvalue weighted by Gasteiger charge is -2.50. The summed E-state index contributed by atoms with van der Waals surface area (Å²) in [5.41, 5.74) is 5.55. The fourth-order valence-corrected chi connectivity index (χ4v) is 4.94. The molecule has 3 rings (SSSR count). The van der Waals surface area contributed by atoms with E-state index >= 15 is 0 Å². The largest absolute Gasteiger partial charge is 0.364 e. The molecule has 0 saturated heterocycles. The molecule has 0 fully saturated rings. The number of fused-ring (bicyclic) bond motifs is 1. The third kappa shape index (κ3) is 3.96. The molecule has 27 heavy (non-hydrogen) atoms. The molecule has 0 aliphatic carbocycles. The van der Waals surface area contributed by atoms with E-state index in [0.29, 0.717) is 17.5 Å². The van der Waals surface area contributed by atoms with E-state index in [9.17, 15) is 5.26 Å². The summed E-state index contributed by atoms with van der Waals surface area (Å²) in [5.74, 6) is 0.495. The first-order valence-corrected chi connectivity index (χ1v) is 10.3. The van der Waals surface area contributed by atoms with E-state index in [2.05, 4.69) is 79.7 Å². The first-order chi connectivity index (χ1) is 12.7. The Hall–Kier alpha value is -2.05. The van der Waals surface area contributed by atoms with Crippen LogP contribution in [0.1, 0.15) is 63.6 Å². The molecule has 1 aliphatic heterocycles. The van der Waals surface area contributed by atoms with Crippen LogP contribution in [-0.2, 0) is 0 Å². The van der Waals surface area contributed by atoms with Crippen molar-refractivity contribution in [2.24, 2.45) is 0 Å². The molecular formula is C24H27BrN2. The van der Waals surface area contributed by atoms with E-state index in [1.54, 1.807) is 0 Å². The Balaban J connectivity index is 2.06. The number of anilines is 1. The van der Waals surface area contributed by atoms with Crippen LogP contribution in [0, 0.1) is 11.3 Å². The summed E-state index contributed by atoms with van der Waals surface area (Å²) in [6.07, 6.45) is 3.12. The van der Waals surface area contributed by atoms with Gasteiger partial charge in [0.15, 0.2) is 0 Å². The van der Waals surface area contributed by atoms with Gasteiger partial charge in [-0.25, -0.2) is 0 Å². The maximum atomic E-state index is 9.66. The monoisotopic (exact) mass is 422 g/mol. The molecule has 2 aromatic carbocycles. The molecule has 0 spiro atoms. The summed E-state index contributed by atoms with van der Waals surface area (Å²) in [4.78, 5) is 2.54. The summed E-state index contributed by atoms with van der Waals surface area (Å²) < 4.78 is 0.981. The van der Waals surface area contributed by atoms with Crippen molar-refractivity contribution in [2.45, 2.75) is 58.5 Å². The number of nitrogens with zero attached hydrogens (tertiary/aromatic N) is 2. The number of allylic oxidation sites excluding steroid dienone is 1. The third-order valence-electron chi connectivity index (χ3n) is 5.38. The van der Waals surface area contributed by atoms with Crippen molar-refractivity contribution in [3.05, 3.63) is 63.6 Å². The average molecular weight is 423 g/mol. The standard InChI is InChI=1S/C24H27BrN2/c1-16(2)27-23-10-9-18(12-22(23)17(3)14-24(27,4)5)11-20(15-26)19-7-6-8-21(25)13-19/h6-13,16-17H,14H2,1-5H3/b20-11-/t17-/m1/s1. The van der Waals surface area contributed by atoms with E-state index in [1.807, 2.05) is 30.3 Å². The third-order valence-corrected chi connectivity index (χ3v) is 5.88. The molecule has 0 amide bonds. The van der Waals surface area contributed by atoms with E-state index in [-0.39, 0.29) is 5.54 Å². The average Bonchev–Trinajstić information content (AvgIpc) is 2.59. The Kier molecular flexibility index (Phi) is 5.49. The zero-order valence-electron chi connectivity index (χ0n) is 16.8. The first kappa shape index (κ1) is 19.7. The van der Waals surface area contributed by atoms with Gasteiger partial charge in [-0.05, 0) is 87.1 Å². The Morgan fingerprint density at radius 3 is 2.63 bits per heavy atom. The predicted molar refractivity (Wildman–Crippen MR) is 119 cm³/mol. The van der Waals surface area contributed by atoms with E-state index in [0.717, 1.165) is 22.0 Å². The van der Waals surface area contributed by atoms with Gasteiger partial charge in [-0.2, -0.15) is 5.26 Å². The normalized spacial score (nSPS) is 19.0. The van der Waals surface area contributed by atoms with Gasteiger partial charge in [-0.3, -0.25) is 0 Å². The molecule has 0 bridgehead atoms. The maximum Gasteiger partial charge on any atom is 0.0998 e. The van der Waals surface area contributed by atoms with Crippen molar-refractivity contribution in [3.8, 4) is 6.07 Å². The summed E-state index contributed by atoms with van der Waals surface area (Å²) in [7, 11) is 0. The second-order valence-electron chi connectivity index (χ2n) is 8.38. The molecule has 2 aromatic rings. The molecule has 1 aliphatic rings. The topological polar surface area (TPSA) is 27.0 Å². The summed E-state index contributed by atoms with van der Waals surface area (Å²) in [6, 6.07) is 17.3. The molecule has 0 saturated carbocycles. The second kappa shape index (κ2) is 7.52. The fraction of sp³-hybridized carbons (Fsp3) is 0.375. The van der Waals surface area contributed by atoms with E-state index in [4.69, 9.17) is 0 Å². The van der Waals surface area contributed by atoms with Crippen molar-refractivity contribution in [2.75, 3.05) is 4.90 Å². The zero-order chi connectivity index (χ0) is 19.8. The number of hydrogen-bond donors (Lipinski definition) is 0. The summed E-state index contributed by atoms with van der Waals surface area (Å²) in [5, 5.41) is 9.66. The lowest BCUT2D eigenvalue weighted by atomic mass is 9.78. The minimum absolute atomic E-state index is 0.145. The predicted octanol–water partition coefficient (Wildman–Crippen LogP) is 7.01. The number of hydrogen-bond acceptors (Lipinski definition) is 2. The van der Waals surface area contributed by atoms with Crippen molar-refractivity contribution < 1.29 is 0 Å². The van der Waals surface area contributed by atoms with Crippen molar-refractivity contribution in [1.29, 1.82) is 5.26 Å². The van der Waals surface area contributed by atoms with Crippen molar-refractivity contribution >= 4 is 33.3 Å². The minimum atomic E-state index is 0.145. The Bertz CT molecular complexity index is 918. The van der Waals surface area contributed by atoms with Crippen LogP contribution in [0.3, 0.4) is 0 Å². The molecule has 0 unspecified atom stereocenters. The number of benzene rings is 2. The quantitative estimate of drug-likeness (QED) is 0.392. The van der Waals surface area contributed by atoms with E-state index < -0.39 is 0 Å². The number of rotatable bonds is 3. The summed E-state index contributed by atoms with van der Waals surface area (Å²) >= 11 is 3.49. The molecule has 0 radical (unpaired) electrons. The SMILES string of the molecule is CC(C)N1c2ccc(/C=C(/C#N)c3cccc(Br)c3)cc2[C@H](C)CC1(C)C. The molecule has 140 valence electrons. The van der Waals surface area contributed by atoms with Crippen LogP contribution < -0.4 is 4.90 Å². The summed E-state index contributed by atoms with van der Waals surface area (Å²) in [6.45, 7) is 11.5. The van der Waals surface area contributed by atoms with Crippen LogP contribution in [0.2, 0.25) is 0 Å². The Morgan fingerprint density at radius 2 is 2.00 bits per heavy atom. The fourth-order valence-electron chi connectivity index (χ4n) is 4.54. The van der Waals surface area contributed by atoms with Crippen LogP contribution in [0.4, 0.5) is 5.69 Å². The van der Waals surface area contributed by atoms with Crippen LogP contribution in [0.25, 0.3) is 11.6 Å². The van der Waals surface area contributed by atoms with Crippen molar-refractivity contribution in [1.82, 2.24) is 0 Å². The lowest BCUT2D eigenvalue weighted by Crippen LogP contribution is -2.51. The highest BCUT2D eigenvalue weighted by Gasteiger charge is 2.37. The molecule has 1 heterocycles. The minimum Gasteiger partial charge on any atom is -0.364 e. The molecule has 3 heteroatoms. The maximum absolute atomic E-state index is 9.66. The highest BCUT2D eigenvalue weighted by atomic mass is 79.9. The number of nitriles is 1. The number of halogens is 1. The van der Waals surface area contributed by atoms with Gasteiger partial charge in [0.1, 0.15) is 0 Å². The Labute approximate surface area is 171 Å². The molecular weight excluding hydrogens is 396 g/mol. The highest BCUT2D eigenvalue weighted by molar-refractivity contribution is 9.10. The van der Waals surface area contributed by atoms with Gasteiger partial charge in [-0.1, -0.05) is 41.1 Å². The van der Waals surface area contributed by atoms with Gasteiger partial charge in [-0.15, -0.1) is 0 Å². The Morgan fingerprint density at radius 1 is 1.26 bits per heavy atom. The molecule has 0 N–H and O–H groups in total. The zero-order valence-corrected chi connectivity index (χ0v) is 18.3. The van der Waals surface area contributed by atoms with Gasteiger partial charge in [0, 0.05) is 21.7 Å². The van der Waals surface area contributed by atoms with Crippen LogP contribution >= 0.6 is 15.9 Å². The van der Waals surface area contributed by atoms with Crippen LogP contribution in [0.15, 0.2) is 46.9 Å². The molecule has 2 nitrogen and oxygen atoms in total. The lowest BCUT2D eigenvalue weighted by molar-refractivity contribution is 0.356. The van der Waals surface area contributed by atoms with Gasteiger partial charge >= 0.3 is 0 Å². The second-order valence-corrected chi connectivity index (χ2v) is 9.30.